The number of ether oxygens (including phenoxy) is 2. The highest BCUT2D eigenvalue weighted by molar-refractivity contribution is 9.10. The van der Waals surface area contributed by atoms with Crippen molar-refractivity contribution in [3.8, 4) is 0 Å². The van der Waals surface area contributed by atoms with Crippen LogP contribution in [-0.4, -0.2) is 41.3 Å². The number of nitrogens with zero attached hydrogens (tertiary/aromatic N) is 2. The predicted molar refractivity (Wildman–Crippen MR) is 105 cm³/mol. The third kappa shape index (κ3) is 4.22. The topological polar surface area (TPSA) is 99.5 Å². The van der Waals surface area contributed by atoms with Crippen molar-refractivity contribution in [1.29, 1.82) is 0 Å². The zero-order chi connectivity index (χ0) is 20.3. The molecule has 2 aromatic heterocycles. The Morgan fingerprint density at radius 2 is 1.93 bits per heavy atom. The number of amides is 1. The van der Waals surface area contributed by atoms with Crippen LogP contribution in [0.15, 0.2) is 4.47 Å². The van der Waals surface area contributed by atoms with E-state index in [1.807, 2.05) is 6.92 Å². The van der Waals surface area contributed by atoms with Crippen molar-refractivity contribution in [3.05, 3.63) is 31.9 Å². The first-order chi connectivity index (χ1) is 12.7. The Hall–Kier alpha value is -2.20. The number of hydrogen-bond acceptors (Lipinski definition) is 7. The summed E-state index contributed by atoms with van der Waals surface area (Å²) in [5.41, 5.74) is 1.51. The number of rotatable bonds is 6. The highest BCUT2D eigenvalue weighted by Crippen LogP contribution is 2.35. The van der Waals surface area contributed by atoms with Crippen LogP contribution < -0.4 is 5.32 Å². The normalized spacial score (nSPS) is 10.6. The number of thiophene rings is 1. The van der Waals surface area contributed by atoms with Crippen molar-refractivity contribution in [2.45, 2.75) is 27.2 Å². The highest BCUT2D eigenvalue weighted by Gasteiger charge is 2.28. The summed E-state index contributed by atoms with van der Waals surface area (Å²) >= 11 is 4.31. The third-order valence-electron chi connectivity index (χ3n) is 3.75. The molecular formula is C17H20BrN3O5S. The lowest BCUT2D eigenvalue weighted by atomic mass is 10.1. The summed E-state index contributed by atoms with van der Waals surface area (Å²) in [6, 6.07) is 0. The number of hydrogen-bond donors (Lipinski definition) is 1. The summed E-state index contributed by atoms with van der Waals surface area (Å²) in [4.78, 5) is 37.5. The maximum Gasteiger partial charge on any atom is 0.348 e. The summed E-state index contributed by atoms with van der Waals surface area (Å²) < 4.78 is 12.0. The van der Waals surface area contributed by atoms with Gasteiger partial charge in [-0.2, -0.15) is 5.10 Å². The zero-order valence-corrected chi connectivity index (χ0v) is 18.0. The molecule has 0 atom stereocenters. The van der Waals surface area contributed by atoms with Gasteiger partial charge in [-0.1, -0.05) is 6.92 Å². The molecule has 146 valence electrons. The van der Waals surface area contributed by atoms with E-state index >= 15 is 0 Å². The number of esters is 2. The first-order valence-corrected chi connectivity index (χ1v) is 9.73. The van der Waals surface area contributed by atoms with E-state index in [-0.39, 0.29) is 22.0 Å². The molecule has 10 heteroatoms. The molecule has 0 aliphatic rings. The minimum atomic E-state index is -0.601. The van der Waals surface area contributed by atoms with Gasteiger partial charge in [0.05, 0.1) is 29.4 Å². The number of halogens is 1. The van der Waals surface area contributed by atoms with Gasteiger partial charge in [0.25, 0.3) is 5.91 Å². The van der Waals surface area contributed by atoms with Crippen LogP contribution in [0.3, 0.4) is 0 Å². The van der Waals surface area contributed by atoms with Gasteiger partial charge in [-0.25, -0.2) is 9.59 Å². The van der Waals surface area contributed by atoms with Crippen molar-refractivity contribution < 1.29 is 23.9 Å². The van der Waals surface area contributed by atoms with Gasteiger partial charge in [-0.15, -0.1) is 11.3 Å². The minimum absolute atomic E-state index is 0.150. The van der Waals surface area contributed by atoms with Crippen LogP contribution in [0.1, 0.15) is 55.1 Å². The Morgan fingerprint density at radius 1 is 1.26 bits per heavy atom. The Kier molecular flexibility index (Phi) is 6.77. The minimum Gasteiger partial charge on any atom is -0.465 e. The van der Waals surface area contributed by atoms with E-state index in [0.717, 1.165) is 11.3 Å². The molecule has 0 radical (unpaired) electrons. The SMILES string of the molecule is CCCOC(=O)c1c(NC(=O)c2c(Br)c(C)nn2C)sc(C(=O)OC)c1C. The van der Waals surface area contributed by atoms with Crippen molar-refractivity contribution in [3.63, 3.8) is 0 Å². The molecule has 0 aliphatic heterocycles. The van der Waals surface area contributed by atoms with Gasteiger partial charge in [0.15, 0.2) is 0 Å². The van der Waals surface area contributed by atoms with E-state index in [0.29, 0.717) is 27.8 Å². The average molecular weight is 458 g/mol. The number of aromatic nitrogens is 2. The summed E-state index contributed by atoms with van der Waals surface area (Å²) in [7, 11) is 2.90. The maximum atomic E-state index is 12.8. The van der Waals surface area contributed by atoms with Gasteiger partial charge in [-0.3, -0.25) is 9.48 Å². The Bertz CT molecular complexity index is 903. The van der Waals surface area contributed by atoms with Crippen LogP contribution in [0, 0.1) is 13.8 Å². The molecule has 27 heavy (non-hydrogen) atoms. The van der Waals surface area contributed by atoms with E-state index in [2.05, 4.69) is 26.3 Å². The largest absolute Gasteiger partial charge is 0.465 e. The Labute approximate surface area is 169 Å². The second kappa shape index (κ2) is 8.66. The monoisotopic (exact) mass is 457 g/mol. The second-order valence-corrected chi connectivity index (χ2v) is 7.53. The molecule has 0 bridgehead atoms. The lowest BCUT2D eigenvalue weighted by Gasteiger charge is -2.08. The summed E-state index contributed by atoms with van der Waals surface area (Å²) in [5, 5.41) is 7.11. The quantitative estimate of drug-likeness (QED) is 0.666. The van der Waals surface area contributed by atoms with Crippen molar-refractivity contribution in [2.75, 3.05) is 19.0 Å². The van der Waals surface area contributed by atoms with E-state index in [9.17, 15) is 14.4 Å². The average Bonchev–Trinajstić information content (AvgIpc) is 3.07. The molecule has 0 spiro atoms. The van der Waals surface area contributed by atoms with Crippen LogP contribution in [0.25, 0.3) is 0 Å². The molecular weight excluding hydrogens is 438 g/mol. The molecule has 2 aromatic rings. The van der Waals surface area contributed by atoms with Crippen LogP contribution >= 0.6 is 27.3 Å². The van der Waals surface area contributed by atoms with E-state index < -0.39 is 17.8 Å². The van der Waals surface area contributed by atoms with Crippen molar-refractivity contribution in [1.82, 2.24) is 9.78 Å². The summed E-state index contributed by atoms with van der Waals surface area (Å²) in [5.74, 6) is -1.65. The first-order valence-electron chi connectivity index (χ1n) is 8.12. The number of methoxy groups -OCH3 is 1. The lowest BCUT2D eigenvalue weighted by molar-refractivity contribution is 0.0506. The Balaban J connectivity index is 2.46. The molecule has 1 N–H and O–H groups in total. The molecule has 0 saturated carbocycles. The van der Waals surface area contributed by atoms with Crippen LogP contribution in [0.2, 0.25) is 0 Å². The van der Waals surface area contributed by atoms with Gasteiger partial charge in [0, 0.05) is 7.05 Å². The molecule has 8 nitrogen and oxygen atoms in total. The molecule has 0 unspecified atom stereocenters. The van der Waals surface area contributed by atoms with E-state index in [1.165, 1.54) is 11.8 Å². The second-order valence-electron chi connectivity index (χ2n) is 5.71. The van der Waals surface area contributed by atoms with Gasteiger partial charge < -0.3 is 14.8 Å². The first kappa shape index (κ1) is 21.1. The number of aryl methyl sites for hydroxylation is 2. The Morgan fingerprint density at radius 3 is 2.44 bits per heavy atom. The molecule has 0 aliphatic carbocycles. The summed E-state index contributed by atoms with van der Waals surface area (Å²) in [6.45, 7) is 5.49. The fourth-order valence-corrected chi connectivity index (χ4v) is 4.07. The van der Waals surface area contributed by atoms with Crippen LogP contribution in [0.5, 0.6) is 0 Å². The van der Waals surface area contributed by atoms with Gasteiger partial charge in [-0.05, 0) is 41.8 Å². The van der Waals surface area contributed by atoms with Crippen molar-refractivity contribution in [2.24, 2.45) is 7.05 Å². The van der Waals surface area contributed by atoms with Crippen LogP contribution in [-0.2, 0) is 16.5 Å². The van der Waals surface area contributed by atoms with Gasteiger partial charge >= 0.3 is 11.9 Å². The molecule has 0 fully saturated rings. The molecule has 2 heterocycles. The smallest absolute Gasteiger partial charge is 0.348 e. The predicted octanol–water partition coefficient (Wildman–Crippen LogP) is 3.47. The molecule has 1 amide bonds. The standard InChI is InChI=1S/C17H20BrN3O5S/c1-6-7-26-16(23)10-8(2)13(17(24)25-5)27-15(10)19-14(22)12-11(18)9(3)20-21(12)4/h6-7H2,1-5H3,(H,19,22). The zero-order valence-electron chi connectivity index (χ0n) is 15.6. The maximum absolute atomic E-state index is 12.8. The molecule has 2 rings (SSSR count). The third-order valence-corrected chi connectivity index (χ3v) is 5.89. The fraction of sp³-hybridized carbons (Fsp3) is 0.412. The van der Waals surface area contributed by atoms with Crippen molar-refractivity contribution >= 4 is 50.1 Å². The summed E-state index contributed by atoms with van der Waals surface area (Å²) in [6.07, 6.45) is 0.654. The number of carbonyl (C=O) groups is 3. The fourth-order valence-electron chi connectivity index (χ4n) is 2.44. The van der Waals surface area contributed by atoms with Crippen LogP contribution in [0.4, 0.5) is 5.00 Å². The molecule has 0 aromatic carbocycles. The van der Waals surface area contributed by atoms with E-state index in [1.54, 1.807) is 20.9 Å². The lowest BCUT2D eigenvalue weighted by Crippen LogP contribution is -2.18. The molecule has 0 saturated heterocycles. The van der Waals surface area contributed by atoms with Gasteiger partial charge in [0.1, 0.15) is 15.6 Å². The number of anilines is 1. The highest BCUT2D eigenvalue weighted by atomic mass is 79.9. The number of carbonyl (C=O) groups excluding carboxylic acids is 3. The van der Waals surface area contributed by atoms with E-state index in [4.69, 9.17) is 9.47 Å². The number of nitrogens with one attached hydrogen (secondary N) is 1. The van der Waals surface area contributed by atoms with Gasteiger partial charge in [0.2, 0.25) is 0 Å².